The number of imidazole rings is 2. The van der Waals surface area contributed by atoms with E-state index in [1.165, 1.54) is 0 Å². The third-order valence-electron chi connectivity index (χ3n) is 7.12. The highest BCUT2D eigenvalue weighted by Crippen LogP contribution is 2.31. The average Bonchev–Trinajstić information content (AvgIpc) is 3.50. The number of benzene rings is 2. The van der Waals surface area contributed by atoms with Crippen molar-refractivity contribution in [1.82, 2.24) is 14.1 Å². The van der Waals surface area contributed by atoms with Crippen molar-refractivity contribution in [2.75, 3.05) is 10.6 Å². The molecule has 9 nitrogen and oxygen atoms in total. The van der Waals surface area contributed by atoms with Crippen LogP contribution in [-0.4, -0.2) is 37.0 Å². The molecule has 0 atom stereocenters. The van der Waals surface area contributed by atoms with Gasteiger partial charge in [0.1, 0.15) is 6.20 Å². The first kappa shape index (κ1) is 37.7. The number of carbonyl (C=O) groups excluding carboxylic acids is 2. The molecule has 6 aromatic rings. The highest BCUT2D eigenvalue weighted by atomic mass is 35.5. The number of aromatic nitrogens is 5. The number of rotatable bonds is 4. The van der Waals surface area contributed by atoms with Gasteiger partial charge in [-0.25, -0.2) is 4.40 Å². The van der Waals surface area contributed by atoms with Crippen molar-refractivity contribution >= 4 is 34.7 Å². The normalized spacial score (nSPS) is 11.2. The van der Waals surface area contributed by atoms with Gasteiger partial charge in [-0.2, -0.15) is 13.5 Å². The van der Waals surface area contributed by atoms with Crippen LogP contribution in [0.25, 0.3) is 33.8 Å². The molecular formula is C37H43Cl2N7O2. The van der Waals surface area contributed by atoms with Crippen molar-refractivity contribution in [3.05, 3.63) is 104 Å². The summed E-state index contributed by atoms with van der Waals surface area (Å²) in [6.07, 6.45) is 7.28. The Bertz CT molecular complexity index is 1880. The Labute approximate surface area is 294 Å². The summed E-state index contributed by atoms with van der Waals surface area (Å²) >= 11 is 0. The minimum absolute atomic E-state index is 0. The summed E-state index contributed by atoms with van der Waals surface area (Å²) in [7, 11) is 0. The highest BCUT2D eigenvalue weighted by molar-refractivity contribution is 5.90. The molecule has 0 fully saturated rings. The van der Waals surface area contributed by atoms with Crippen molar-refractivity contribution in [3.63, 3.8) is 0 Å². The smallest absolute Gasteiger partial charge is 0.284 e. The van der Waals surface area contributed by atoms with Gasteiger partial charge in [-0.05, 0) is 47.6 Å². The van der Waals surface area contributed by atoms with Crippen LogP contribution in [0.3, 0.4) is 0 Å². The third kappa shape index (κ3) is 8.03. The van der Waals surface area contributed by atoms with Gasteiger partial charge in [0.15, 0.2) is 11.4 Å². The maximum absolute atomic E-state index is 12.4. The van der Waals surface area contributed by atoms with Gasteiger partial charge in [-0.1, -0.05) is 66.7 Å². The second kappa shape index (κ2) is 15.0. The van der Waals surface area contributed by atoms with E-state index in [0.29, 0.717) is 0 Å². The highest BCUT2D eigenvalue weighted by Gasteiger charge is 2.32. The average molecular weight is 689 g/mol. The van der Waals surface area contributed by atoms with E-state index < -0.39 is 0 Å². The first-order chi connectivity index (χ1) is 21.8. The van der Waals surface area contributed by atoms with E-state index in [2.05, 4.69) is 57.2 Å². The lowest BCUT2D eigenvalue weighted by atomic mass is 10.1. The first-order valence-corrected chi connectivity index (χ1v) is 15.4. The fraction of sp³-hybridized carbons (Fsp3) is 0.270. The Kier molecular flexibility index (Phi) is 11.8. The summed E-state index contributed by atoms with van der Waals surface area (Å²) in [5.74, 6) is 1.76. The van der Waals surface area contributed by atoms with Crippen LogP contribution < -0.4 is 44.2 Å². The molecule has 2 aromatic carbocycles. The minimum Gasteiger partial charge on any atom is -1.00 e. The van der Waals surface area contributed by atoms with Crippen LogP contribution in [0.1, 0.15) is 65.0 Å². The van der Waals surface area contributed by atoms with Gasteiger partial charge in [0.25, 0.3) is 29.1 Å². The zero-order valence-electron chi connectivity index (χ0n) is 28.6. The molecule has 4 aromatic heterocycles. The van der Waals surface area contributed by atoms with Gasteiger partial charge < -0.3 is 24.8 Å². The second-order valence-electron chi connectivity index (χ2n) is 13.3. The number of fused-ring (bicyclic) bond motifs is 2. The fourth-order valence-corrected chi connectivity index (χ4v) is 5.49. The number of halogens is 2. The van der Waals surface area contributed by atoms with Crippen LogP contribution in [0.4, 0.5) is 11.6 Å². The van der Waals surface area contributed by atoms with E-state index in [4.69, 9.17) is 0 Å². The zero-order chi connectivity index (χ0) is 33.2. The molecule has 0 aliphatic carbocycles. The Morgan fingerprint density at radius 1 is 0.604 bits per heavy atom. The van der Waals surface area contributed by atoms with E-state index >= 15 is 0 Å². The standard InChI is InChI=1S/C19H22N3O.C18H21N4O.2ClH/c1-14(23)22-16-12-8-9-13-21(16)18(20-19(2,3)4)17(22)15-10-6-5-7-11-15;1-13(23)22-15-12-19-10-11-21(15)17(20-18(2,3)4)16(22)14-8-6-5-7-9-14;;/h5-13,20H,1-4H3;5-12,20H,1-4H3;2*1H/q2*+1;;/p-2. The van der Waals surface area contributed by atoms with E-state index in [0.717, 1.165) is 45.4 Å². The van der Waals surface area contributed by atoms with Crippen LogP contribution in [0.2, 0.25) is 0 Å². The van der Waals surface area contributed by atoms with Crippen molar-refractivity contribution in [3.8, 4) is 22.5 Å². The number of hydrogen-bond acceptors (Lipinski definition) is 5. The van der Waals surface area contributed by atoms with E-state index in [9.17, 15) is 9.59 Å². The molecule has 0 radical (unpaired) electrons. The minimum atomic E-state index is -0.143. The molecule has 0 amide bonds. The quantitative estimate of drug-likeness (QED) is 0.270. The lowest BCUT2D eigenvalue weighted by molar-refractivity contribution is -0.495. The lowest BCUT2D eigenvalue weighted by Crippen LogP contribution is -3.00. The number of pyridine rings is 1. The van der Waals surface area contributed by atoms with Crippen molar-refractivity contribution in [2.45, 2.75) is 66.5 Å². The van der Waals surface area contributed by atoms with Crippen LogP contribution in [0.5, 0.6) is 0 Å². The van der Waals surface area contributed by atoms with Gasteiger partial charge >= 0.3 is 0 Å². The Hall–Kier alpha value is -4.73. The largest absolute Gasteiger partial charge is 1.00 e. The molecular weight excluding hydrogens is 645 g/mol. The maximum Gasteiger partial charge on any atom is 0.284 e. The van der Waals surface area contributed by atoms with Gasteiger partial charge in [0.05, 0.1) is 29.7 Å². The summed E-state index contributed by atoms with van der Waals surface area (Å²) in [6.45, 7) is 15.8. The molecule has 0 aliphatic rings. The molecule has 0 bridgehead atoms. The third-order valence-corrected chi connectivity index (χ3v) is 7.12. The monoisotopic (exact) mass is 687 g/mol. The first-order valence-electron chi connectivity index (χ1n) is 15.4. The van der Waals surface area contributed by atoms with Crippen LogP contribution in [-0.2, 0) is 0 Å². The predicted molar refractivity (Wildman–Crippen MR) is 183 cm³/mol. The number of hydrogen-bond donors (Lipinski definition) is 2. The molecule has 0 aliphatic heterocycles. The SMILES string of the molecule is CC(=O)n1c(-c2ccccc2)c(NC(C)(C)C)[n+]2ccccc12.CC(=O)n1c(-c2ccccc2)c(NC(C)(C)C)[n+]2ccncc12.[Cl-].[Cl-]. The number of nitrogens with one attached hydrogen (secondary N) is 2. The molecule has 6 rings (SSSR count). The molecule has 11 heteroatoms. The molecule has 0 saturated heterocycles. The van der Waals surface area contributed by atoms with E-state index in [1.54, 1.807) is 35.4 Å². The predicted octanol–water partition coefficient (Wildman–Crippen LogP) is 0.932. The maximum atomic E-state index is 12.4. The molecule has 0 saturated carbocycles. The van der Waals surface area contributed by atoms with Crippen LogP contribution in [0, 0.1) is 0 Å². The molecule has 0 unspecified atom stereocenters. The molecule has 252 valence electrons. The van der Waals surface area contributed by atoms with Gasteiger partial charge in [-0.3, -0.25) is 25.2 Å². The Morgan fingerprint density at radius 3 is 1.46 bits per heavy atom. The van der Waals surface area contributed by atoms with Crippen LogP contribution >= 0.6 is 0 Å². The molecule has 4 heterocycles. The van der Waals surface area contributed by atoms with Gasteiger partial charge in [-0.15, -0.1) is 0 Å². The van der Waals surface area contributed by atoms with Gasteiger partial charge in [0.2, 0.25) is 5.65 Å². The van der Waals surface area contributed by atoms with E-state index in [-0.39, 0.29) is 47.7 Å². The van der Waals surface area contributed by atoms with Crippen molar-refractivity contribution < 1.29 is 43.2 Å². The van der Waals surface area contributed by atoms with Crippen molar-refractivity contribution in [2.24, 2.45) is 0 Å². The lowest BCUT2D eigenvalue weighted by Gasteiger charge is -2.17. The Balaban J connectivity index is 0.000000250. The molecule has 2 N–H and O–H groups in total. The summed E-state index contributed by atoms with van der Waals surface area (Å²) in [4.78, 5) is 28.9. The number of anilines is 2. The van der Waals surface area contributed by atoms with E-state index in [1.807, 2.05) is 100 Å². The topological polar surface area (TPSA) is 89.1 Å². The molecule has 0 spiro atoms. The number of nitrogens with zero attached hydrogens (tertiary/aromatic N) is 5. The number of carbonyl (C=O) groups is 2. The fourth-order valence-electron chi connectivity index (χ4n) is 5.49. The second-order valence-corrected chi connectivity index (χ2v) is 13.3. The summed E-state index contributed by atoms with van der Waals surface area (Å²) < 4.78 is 7.48. The Morgan fingerprint density at radius 2 is 1.02 bits per heavy atom. The summed E-state index contributed by atoms with van der Waals surface area (Å²) in [6, 6.07) is 25.8. The van der Waals surface area contributed by atoms with Crippen molar-refractivity contribution in [1.29, 1.82) is 0 Å². The summed E-state index contributed by atoms with van der Waals surface area (Å²) in [5, 5.41) is 7.09. The van der Waals surface area contributed by atoms with Crippen LogP contribution in [0.15, 0.2) is 104 Å². The van der Waals surface area contributed by atoms with Gasteiger partial charge in [0, 0.05) is 31.0 Å². The summed E-state index contributed by atoms with van der Waals surface area (Å²) in [5.41, 5.74) is 5.06. The zero-order valence-corrected chi connectivity index (χ0v) is 30.1. The molecule has 48 heavy (non-hydrogen) atoms.